The number of carbonyl (C=O) groups excluding carboxylic acids is 2. The molecular weight excluding hydrogens is 368 g/mol. The van der Waals surface area contributed by atoms with Crippen LogP contribution in [-0.4, -0.2) is 41.7 Å². The lowest BCUT2D eigenvalue weighted by Gasteiger charge is -2.32. The number of nitrogens with one attached hydrogen (secondary N) is 1. The number of halogens is 1. The molecule has 1 aliphatic rings. The molecule has 0 radical (unpaired) electrons. The van der Waals surface area contributed by atoms with E-state index in [1.165, 1.54) is 6.42 Å². The van der Waals surface area contributed by atoms with E-state index in [1.807, 2.05) is 0 Å². The predicted molar refractivity (Wildman–Crippen MR) is 107 cm³/mol. The van der Waals surface area contributed by atoms with Gasteiger partial charge < -0.3 is 20.8 Å². The van der Waals surface area contributed by atoms with Crippen LogP contribution in [0, 0.1) is 0 Å². The van der Waals surface area contributed by atoms with Gasteiger partial charge in [0.2, 0.25) is 12.0 Å². The van der Waals surface area contributed by atoms with Crippen LogP contribution in [0.15, 0.2) is 29.4 Å². The molecule has 0 bridgehead atoms. The topological polar surface area (TPSA) is 97.0 Å². The van der Waals surface area contributed by atoms with E-state index in [9.17, 15) is 9.59 Å². The molecular formula is C19H27ClN4O3. The lowest BCUT2D eigenvalue weighted by Crippen LogP contribution is -2.43. The predicted octanol–water partition coefficient (Wildman–Crippen LogP) is 3.14. The summed E-state index contributed by atoms with van der Waals surface area (Å²) in [6.07, 6.45) is 4.62. The van der Waals surface area contributed by atoms with E-state index in [1.54, 1.807) is 43.1 Å². The molecule has 27 heavy (non-hydrogen) atoms. The maximum Gasteiger partial charge on any atom is 0.266 e. The summed E-state index contributed by atoms with van der Waals surface area (Å²) in [5.74, 6) is -0.523. The van der Waals surface area contributed by atoms with Gasteiger partial charge in [-0.25, -0.2) is 0 Å². The first kappa shape index (κ1) is 21.0. The third kappa shape index (κ3) is 6.43. The van der Waals surface area contributed by atoms with Gasteiger partial charge in [-0.05, 0) is 31.9 Å². The second-order valence-corrected chi connectivity index (χ2v) is 7.18. The molecule has 0 aromatic heterocycles. The van der Waals surface area contributed by atoms with Crippen molar-refractivity contribution < 1.29 is 14.4 Å². The molecule has 148 valence electrons. The van der Waals surface area contributed by atoms with Crippen molar-refractivity contribution in [3.8, 4) is 0 Å². The number of benzene rings is 1. The summed E-state index contributed by atoms with van der Waals surface area (Å²) in [4.78, 5) is 31.4. The summed E-state index contributed by atoms with van der Waals surface area (Å²) in [7, 11) is 1.79. The van der Waals surface area contributed by atoms with Crippen molar-refractivity contribution in [2.45, 2.75) is 57.6 Å². The van der Waals surface area contributed by atoms with Crippen LogP contribution in [0.4, 0.5) is 5.69 Å². The molecule has 3 N–H and O–H groups in total. The maximum atomic E-state index is 12.5. The highest BCUT2D eigenvalue weighted by molar-refractivity contribution is 6.33. The standard InChI is InChI=1S/C19H27ClN4O3/c1-13(19(26)24(2)14-8-4-3-5-9-14)27-23-17(21)12-18(25)22-16-11-7-6-10-15(16)20/h6-7,10-11,13-14H,3-5,8-9,12H2,1-2H3,(H2,21,23)(H,22,25). The number of amides is 2. The Morgan fingerprint density at radius 2 is 2.00 bits per heavy atom. The third-order valence-corrected chi connectivity index (χ3v) is 4.97. The van der Waals surface area contributed by atoms with Gasteiger partial charge in [-0.1, -0.05) is 48.2 Å². The number of rotatable bonds is 7. The van der Waals surface area contributed by atoms with Crippen LogP contribution < -0.4 is 11.1 Å². The van der Waals surface area contributed by atoms with Gasteiger partial charge in [0, 0.05) is 13.1 Å². The molecule has 1 atom stereocenters. The quantitative estimate of drug-likeness (QED) is 0.421. The molecule has 0 heterocycles. The maximum absolute atomic E-state index is 12.5. The van der Waals surface area contributed by atoms with Crippen LogP contribution in [-0.2, 0) is 14.4 Å². The molecule has 1 aromatic carbocycles. The van der Waals surface area contributed by atoms with E-state index in [4.69, 9.17) is 22.2 Å². The number of nitrogens with zero attached hydrogens (tertiary/aromatic N) is 2. The molecule has 2 amide bonds. The van der Waals surface area contributed by atoms with Crippen LogP contribution >= 0.6 is 11.6 Å². The summed E-state index contributed by atoms with van der Waals surface area (Å²) < 4.78 is 0. The van der Waals surface area contributed by atoms with Crippen LogP contribution in [0.3, 0.4) is 0 Å². The number of oxime groups is 1. The Kier molecular flexibility index (Phi) is 7.91. The van der Waals surface area contributed by atoms with Crippen molar-refractivity contribution in [2.75, 3.05) is 12.4 Å². The van der Waals surface area contributed by atoms with Crippen molar-refractivity contribution in [3.63, 3.8) is 0 Å². The summed E-state index contributed by atoms with van der Waals surface area (Å²) in [6, 6.07) is 7.14. The highest BCUT2D eigenvalue weighted by atomic mass is 35.5. The van der Waals surface area contributed by atoms with Crippen molar-refractivity contribution in [1.82, 2.24) is 4.90 Å². The molecule has 0 aliphatic heterocycles. The SMILES string of the molecule is CC(ON=C(N)CC(=O)Nc1ccccc1Cl)C(=O)N(C)C1CCCCC1. The molecule has 2 rings (SSSR count). The van der Waals surface area contributed by atoms with Crippen molar-refractivity contribution >= 4 is 34.9 Å². The number of likely N-dealkylation sites (N-methyl/N-ethyl adjacent to an activating group) is 1. The second-order valence-electron chi connectivity index (χ2n) is 6.78. The van der Waals surface area contributed by atoms with Gasteiger partial charge in [-0.2, -0.15) is 0 Å². The zero-order valence-electron chi connectivity index (χ0n) is 15.8. The summed E-state index contributed by atoms with van der Waals surface area (Å²) in [6.45, 7) is 1.63. The Labute approximate surface area is 164 Å². The summed E-state index contributed by atoms with van der Waals surface area (Å²) in [5, 5.41) is 6.81. The molecule has 8 heteroatoms. The lowest BCUT2D eigenvalue weighted by molar-refractivity contribution is -0.144. The normalized spacial score (nSPS) is 16.5. The largest absolute Gasteiger partial charge is 0.384 e. The van der Waals surface area contributed by atoms with E-state index in [0.717, 1.165) is 25.7 Å². The molecule has 1 saturated carbocycles. The van der Waals surface area contributed by atoms with Crippen LogP contribution in [0.25, 0.3) is 0 Å². The van der Waals surface area contributed by atoms with Gasteiger partial charge in [-0.3, -0.25) is 9.59 Å². The van der Waals surface area contributed by atoms with Gasteiger partial charge in [-0.15, -0.1) is 0 Å². The van der Waals surface area contributed by atoms with Gasteiger partial charge in [0.15, 0.2) is 0 Å². The zero-order valence-corrected chi connectivity index (χ0v) is 16.5. The average Bonchev–Trinajstić information content (AvgIpc) is 2.67. The van der Waals surface area contributed by atoms with Crippen molar-refractivity contribution in [3.05, 3.63) is 29.3 Å². The highest BCUT2D eigenvalue weighted by Gasteiger charge is 2.26. The zero-order chi connectivity index (χ0) is 19.8. The lowest BCUT2D eigenvalue weighted by atomic mass is 9.94. The fraction of sp³-hybridized carbons (Fsp3) is 0.526. The molecule has 7 nitrogen and oxygen atoms in total. The molecule has 1 fully saturated rings. The Bertz CT molecular complexity index is 689. The van der Waals surface area contributed by atoms with Crippen molar-refractivity contribution in [2.24, 2.45) is 10.9 Å². The minimum Gasteiger partial charge on any atom is -0.384 e. The first-order valence-electron chi connectivity index (χ1n) is 9.17. The highest BCUT2D eigenvalue weighted by Crippen LogP contribution is 2.22. The first-order valence-corrected chi connectivity index (χ1v) is 9.55. The Morgan fingerprint density at radius 3 is 2.67 bits per heavy atom. The minimum atomic E-state index is -0.762. The molecule has 0 spiro atoms. The molecule has 1 aromatic rings. The Hall–Kier alpha value is -2.28. The number of anilines is 1. The average molecular weight is 395 g/mol. The third-order valence-electron chi connectivity index (χ3n) is 4.64. The Balaban J connectivity index is 1.82. The molecule has 1 unspecified atom stereocenters. The van der Waals surface area contributed by atoms with Gasteiger partial charge in [0.05, 0.1) is 17.1 Å². The second kappa shape index (κ2) is 10.2. The fourth-order valence-corrected chi connectivity index (χ4v) is 3.26. The van der Waals surface area contributed by atoms with Crippen LogP contribution in [0.1, 0.15) is 45.4 Å². The van der Waals surface area contributed by atoms with Crippen LogP contribution in [0.2, 0.25) is 5.02 Å². The number of amidine groups is 1. The van der Waals surface area contributed by atoms with Gasteiger partial charge >= 0.3 is 0 Å². The minimum absolute atomic E-state index is 0.0143. The van der Waals surface area contributed by atoms with Crippen LogP contribution in [0.5, 0.6) is 0 Å². The van der Waals surface area contributed by atoms with Gasteiger partial charge in [0.25, 0.3) is 5.91 Å². The number of para-hydroxylation sites is 1. The summed E-state index contributed by atoms with van der Waals surface area (Å²) >= 11 is 5.99. The van der Waals surface area contributed by atoms with E-state index in [-0.39, 0.29) is 30.1 Å². The number of nitrogens with two attached hydrogens (primary N) is 1. The monoisotopic (exact) mass is 394 g/mol. The Morgan fingerprint density at radius 1 is 1.33 bits per heavy atom. The number of carbonyl (C=O) groups is 2. The van der Waals surface area contributed by atoms with Gasteiger partial charge in [0.1, 0.15) is 5.84 Å². The van der Waals surface area contributed by atoms with E-state index < -0.39 is 6.10 Å². The fourth-order valence-electron chi connectivity index (χ4n) is 3.08. The number of hydrogen-bond acceptors (Lipinski definition) is 4. The smallest absolute Gasteiger partial charge is 0.266 e. The first-order chi connectivity index (χ1) is 12.9. The number of hydrogen-bond donors (Lipinski definition) is 2. The molecule has 0 saturated heterocycles. The summed E-state index contributed by atoms with van der Waals surface area (Å²) in [5.41, 5.74) is 6.24. The van der Waals surface area contributed by atoms with E-state index >= 15 is 0 Å². The van der Waals surface area contributed by atoms with E-state index in [2.05, 4.69) is 10.5 Å². The van der Waals surface area contributed by atoms with Crippen molar-refractivity contribution in [1.29, 1.82) is 0 Å². The van der Waals surface area contributed by atoms with E-state index in [0.29, 0.717) is 10.7 Å². The molecule has 1 aliphatic carbocycles.